The molecule has 2 aromatic rings. The Morgan fingerprint density at radius 3 is 2.81 bits per heavy atom. The number of benzene rings is 1. The molecule has 0 spiro atoms. The Bertz CT molecular complexity index is 605. The summed E-state index contributed by atoms with van der Waals surface area (Å²) in [5.41, 5.74) is 0.977. The van der Waals surface area contributed by atoms with Crippen molar-refractivity contribution < 1.29 is 9.53 Å². The van der Waals surface area contributed by atoms with Gasteiger partial charge in [0.05, 0.1) is 6.61 Å². The van der Waals surface area contributed by atoms with Gasteiger partial charge in [-0.1, -0.05) is 11.6 Å². The van der Waals surface area contributed by atoms with E-state index >= 15 is 0 Å². The maximum absolute atomic E-state index is 11.7. The molecule has 1 amide bonds. The molecule has 0 saturated carbocycles. The smallest absolute Gasteiger partial charge is 0.229 e. The summed E-state index contributed by atoms with van der Waals surface area (Å²) in [5, 5.41) is 3.31. The van der Waals surface area contributed by atoms with Gasteiger partial charge in [-0.15, -0.1) is 0 Å². The summed E-state index contributed by atoms with van der Waals surface area (Å²) < 4.78 is 5.62. The molecule has 1 heterocycles. The lowest BCUT2D eigenvalue weighted by Gasteiger charge is -2.09. The number of halogens is 1. The molecular formula is C15H16ClN3O2. The molecule has 2 rings (SSSR count). The van der Waals surface area contributed by atoms with Gasteiger partial charge >= 0.3 is 0 Å². The minimum absolute atomic E-state index is 0.127. The molecule has 0 bridgehead atoms. The van der Waals surface area contributed by atoms with Crippen molar-refractivity contribution in [2.24, 2.45) is 0 Å². The quantitative estimate of drug-likeness (QED) is 0.832. The van der Waals surface area contributed by atoms with Crippen molar-refractivity contribution in [1.29, 1.82) is 0 Å². The number of nitrogens with one attached hydrogen (secondary N) is 1. The molecule has 1 aromatic carbocycles. The lowest BCUT2D eigenvalue weighted by atomic mass is 10.2. The van der Waals surface area contributed by atoms with Gasteiger partial charge in [-0.2, -0.15) is 0 Å². The van der Waals surface area contributed by atoms with Crippen molar-refractivity contribution >= 4 is 23.5 Å². The number of amides is 1. The summed E-state index contributed by atoms with van der Waals surface area (Å²) in [5.74, 6) is 0.973. The first-order valence-electron chi connectivity index (χ1n) is 6.61. The predicted molar refractivity (Wildman–Crippen MR) is 81.6 cm³/mol. The molecule has 6 heteroatoms. The second kappa shape index (κ2) is 7.59. The average molecular weight is 306 g/mol. The second-order valence-corrected chi connectivity index (χ2v) is 4.92. The standard InChI is InChI=1S/C15H16ClN3O2/c1-11-10-12(16)5-6-13(11)21-9-2-4-14(20)19-15-17-7-3-8-18-15/h3,5-8,10H,2,4,9H2,1H3,(H,17,18,19,20). The molecule has 0 radical (unpaired) electrons. The zero-order chi connectivity index (χ0) is 15.1. The second-order valence-electron chi connectivity index (χ2n) is 4.48. The van der Waals surface area contributed by atoms with Gasteiger partial charge in [-0.3, -0.25) is 10.1 Å². The third-order valence-electron chi connectivity index (χ3n) is 2.76. The van der Waals surface area contributed by atoms with E-state index in [-0.39, 0.29) is 5.91 Å². The number of nitrogens with zero attached hydrogens (tertiary/aromatic N) is 2. The fourth-order valence-corrected chi connectivity index (χ4v) is 1.97. The molecule has 1 N–H and O–H groups in total. The number of hydrogen-bond acceptors (Lipinski definition) is 4. The van der Waals surface area contributed by atoms with Crippen LogP contribution in [0, 0.1) is 6.92 Å². The predicted octanol–water partition coefficient (Wildman–Crippen LogP) is 3.24. The summed E-state index contributed by atoms with van der Waals surface area (Å²) in [7, 11) is 0. The van der Waals surface area contributed by atoms with Crippen LogP contribution in [0.4, 0.5) is 5.95 Å². The summed E-state index contributed by atoms with van der Waals surface area (Å²) in [6.07, 6.45) is 4.12. The Morgan fingerprint density at radius 2 is 2.10 bits per heavy atom. The number of carbonyl (C=O) groups excluding carboxylic acids is 1. The van der Waals surface area contributed by atoms with Gasteiger partial charge in [0, 0.05) is 23.8 Å². The highest BCUT2D eigenvalue weighted by Gasteiger charge is 2.05. The van der Waals surface area contributed by atoms with E-state index in [1.807, 2.05) is 19.1 Å². The molecule has 0 atom stereocenters. The van der Waals surface area contributed by atoms with Gasteiger partial charge in [-0.05, 0) is 43.2 Å². The summed E-state index contributed by atoms with van der Waals surface area (Å²) in [6.45, 7) is 2.40. The zero-order valence-corrected chi connectivity index (χ0v) is 12.4. The first-order valence-corrected chi connectivity index (χ1v) is 6.99. The van der Waals surface area contributed by atoms with Crippen molar-refractivity contribution in [3.05, 3.63) is 47.2 Å². The van der Waals surface area contributed by atoms with E-state index < -0.39 is 0 Å². The van der Waals surface area contributed by atoms with Crippen molar-refractivity contribution in [2.75, 3.05) is 11.9 Å². The lowest BCUT2D eigenvalue weighted by molar-refractivity contribution is -0.116. The third-order valence-corrected chi connectivity index (χ3v) is 2.99. The van der Waals surface area contributed by atoms with E-state index in [1.165, 1.54) is 0 Å². The van der Waals surface area contributed by atoms with Crippen molar-refractivity contribution in [3.8, 4) is 5.75 Å². The first-order chi connectivity index (χ1) is 10.1. The number of carbonyl (C=O) groups is 1. The van der Waals surface area contributed by atoms with Crippen molar-refractivity contribution in [1.82, 2.24) is 9.97 Å². The average Bonchev–Trinajstić information content (AvgIpc) is 2.46. The van der Waals surface area contributed by atoms with E-state index in [9.17, 15) is 4.79 Å². The molecule has 0 saturated heterocycles. The lowest BCUT2D eigenvalue weighted by Crippen LogP contribution is -2.14. The summed E-state index contributed by atoms with van der Waals surface area (Å²) >= 11 is 5.88. The van der Waals surface area contributed by atoms with E-state index in [4.69, 9.17) is 16.3 Å². The van der Waals surface area contributed by atoms with Gasteiger partial charge in [0.15, 0.2) is 0 Å². The number of rotatable bonds is 6. The van der Waals surface area contributed by atoms with Crippen LogP contribution < -0.4 is 10.1 Å². The molecule has 0 fully saturated rings. The molecule has 5 nitrogen and oxygen atoms in total. The van der Waals surface area contributed by atoms with Gasteiger partial charge in [-0.25, -0.2) is 9.97 Å². The maximum atomic E-state index is 11.7. The molecule has 0 aliphatic heterocycles. The van der Waals surface area contributed by atoms with Gasteiger partial charge in [0.1, 0.15) is 5.75 Å². The minimum atomic E-state index is -0.127. The van der Waals surface area contributed by atoms with Gasteiger partial charge < -0.3 is 4.74 Å². The van der Waals surface area contributed by atoms with Crippen LogP contribution >= 0.6 is 11.6 Å². The fraction of sp³-hybridized carbons (Fsp3) is 0.267. The Labute approximate surface area is 128 Å². The van der Waals surface area contributed by atoms with Crippen molar-refractivity contribution in [3.63, 3.8) is 0 Å². The van der Waals surface area contributed by atoms with E-state index in [0.717, 1.165) is 11.3 Å². The van der Waals surface area contributed by atoms with Crippen LogP contribution in [-0.2, 0) is 4.79 Å². The van der Waals surface area contributed by atoms with Crippen LogP contribution in [0.2, 0.25) is 5.02 Å². The topological polar surface area (TPSA) is 64.1 Å². The van der Waals surface area contributed by atoms with Crippen molar-refractivity contribution in [2.45, 2.75) is 19.8 Å². The normalized spacial score (nSPS) is 10.2. The van der Waals surface area contributed by atoms with Crippen LogP contribution in [0.25, 0.3) is 0 Å². The summed E-state index contributed by atoms with van der Waals surface area (Å²) in [6, 6.07) is 7.15. The van der Waals surface area contributed by atoms with E-state index in [1.54, 1.807) is 24.5 Å². The number of hydrogen-bond donors (Lipinski definition) is 1. The highest BCUT2D eigenvalue weighted by Crippen LogP contribution is 2.21. The Balaban J connectivity index is 1.71. The Hall–Kier alpha value is -2.14. The monoisotopic (exact) mass is 305 g/mol. The van der Waals surface area contributed by atoms with E-state index in [0.29, 0.717) is 30.4 Å². The molecule has 0 unspecified atom stereocenters. The van der Waals surface area contributed by atoms with Crippen LogP contribution in [0.15, 0.2) is 36.7 Å². The maximum Gasteiger partial charge on any atom is 0.229 e. The number of anilines is 1. The van der Waals surface area contributed by atoms with Gasteiger partial charge in [0.25, 0.3) is 0 Å². The van der Waals surface area contributed by atoms with Crippen LogP contribution in [0.3, 0.4) is 0 Å². The highest BCUT2D eigenvalue weighted by molar-refractivity contribution is 6.30. The van der Waals surface area contributed by atoms with Crippen LogP contribution in [0.1, 0.15) is 18.4 Å². The molecular weight excluding hydrogens is 290 g/mol. The first kappa shape index (κ1) is 15.3. The minimum Gasteiger partial charge on any atom is -0.493 e. The number of aromatic nitrogens is 2. The highest BCUT2D eigenvalue weighted by atomic mass is 35.5. The number of aryl methyl sites for hydroxylation is 1. The zero-order valence-electron chi connectivity index (χ0n) is 11.7. The van der Waals surface area contributed by atoms with Crippen LogP contribution in [0.5, 0.6) is 5.75 Å². The fourth-order valence-electron chi connectivity index (χ4n) is 1.74. The molecule has 0 aliphatic rings. The van der Waals surface area contributed by atoms with E-state index in [2.05, 4.69) is 15.3 Å². The van der Waals surface area contributed by atoms with Crippen LogP contribution in [-0.4, -0.2) is 22.5 Å². The molecule has 1 aromatic heterocycles. The largest absolute Gasteiger partial charge is 0.493 e. The SMILES string of the molecule is Cc1cc(Cl)ccc1OCCCC(=O)Nc1ncccn1. The summed E-state index contributed by atoms with van der Waals surface area (Å²) in [4.78, 5) is 19.5. The molecule has 0 aliphatic carbocycles. The molecule has 110 valence electrons. The third kappa shape index (κ3) is 5.04. The Morgan fingerprint density at radius 1 is 1.33 bits per heavy atom. The van der Waals surface area contributed by atoms with Gasteiger partial charge in [0.2, 0.25) is 11.9 Å². The molecule has 21 heavy (non-hydrogen) atoms. The number of ether oxygens (including phenoxy) is 1. The Kier molecular flexibility index (Phi) is 5.51.